The zero-order valence-corrected chi connectivity index (χ0v) is 12.4. The van der Waals surface area contributed by atoms with E-state index in [9.17, 15) is 9.90 Å². The molecule has 1 aliphatic heterocycles. The van der Waals surface area contributed by atoms with E-state index in [-0.39, 0.29) is 18.1 Å². The number of aliphatic hydroxyl groups is 1. The number of aliphatic hydroxyl groups excluding tert-OH is 1. The van der Waals surface area contributed by atoms with E-state index in [2.05, 4.69) is 16.8 Å². The van der Waals surface area contributed by atoms with E-state index in [0.717, 1.165) is 18.7 Å². The summed E-state index contributed by atoms with van der Waals surface area (Å²) in [5.41, 5.74) is 1.65. The smallest absolute Gasteiger partial charge is 0.255 e. The van der Waals surface area contributed by atoms with Crippen LogP contribution < -0.4 is 0 Å². The summed E-state index contributed by atoms with van der Waals surface area (Å²) < 4.78 is 0. The Morgan fingerprint density at radius 1 is 1.50 bits per heavy atom. The first kappa shape index (κ1) is 14.9. The summed E-state index contributed by atoms with van der Waals surface area (Å²) in [4.78, 5) is 20.7. The Morgan fingerprint density at radius 3 is 2.85 bits per heavy atom. The number of nitrogens with zero attached hydrogens (tertiary/aromatic N) is 3. The van der Waals surface area contributed by atoms with Crippen LogP contribution in [0.4, 0.5) is 0 Å². The van der Waals surface area contributed by atoms with Crippen molar-refractivity contribution in [1.82, 2.24) is 14.8 Å². The molecule has 0 aliphatic carbocycles. The maximum absolute atomic E-state index is 12.5. The number of β-amino-alcohol motifs (C(OH)–C–C–N with tert-alkyl or cyclic N) is 1. The predicted octanol–water partition coefficient (Wildman–Crippen LogP) is 0.917. The second kappa shape index (κ2) is 6.33. The molecule has 1 fully saturated rings. The van der Waals surface area contributed by atoms with Crippen LogP contribution in [0.3, 0.4) is 0 Å². The number of hydrogen-bond donors (Lipinski definition) is 1. The van der Waals surface area contributed by atoms with Crippen LogP contribution in [-0.2, 0) is 0 Å². The maximum atomic E-state index is 12.5. The van der Waals surface area contributed by atoms with Crippen LogP contribution in [0.15, 0.2) is 18.5 Å². The number of rotatable bonds is 3. The van der Waals surface area contributed by atoms with Crippen molar-refractivity contribution in [3.63, 3.8) is 0 Å². The molecule has 0 spiro atoms. The minimum atomic E-state index is -0.328. The largest absolute Gasteiger partial charge is 0.392 e. The number of carbonyl (C=O) groups is 1. The van der Waals surface area contributed by atoms with E-state index < -0.39 is 0 Å². The van der Waals surface area contributed by atoms with Gasteiger partial charge in [0.25, 0.3) is 5.91 Å². The first-order valence-corrected chi connectivity index (χ1v) is 7.10. The van der Waals surface area contributed by atoms with Crippen LogP contribution in [0.5, 0.6) is 0 Å². The SMILES string of the molecule is Cc1cncc(C(=O)N2CCN(C[C@H](C)O)C[C@@H]2C)c1. The number of hydrogen-bond acceptors (Lipinski definition) is 4. The topological polar surface area (TPSA) is 56.7 Å². The average molecular weight is 277 g/mol. The number of aryl methyl sites for hydroxylation is 1. The highest BCUT2D eigenvalue weighted by Gasteiger charge is 2.28. The Morgan fingerprint density at radius 2 is 2.25 bits per heavy atom. The van der Waals surface area contributed by atoms with Gasteiger partial charge in [-0.05, 0) is 32.4 Å². The van der Waals surface area contributed by atoms with Gasteiger partial charge in [-0.15, -0.1) is 0 Å². The lowest BCUT2D eigenvalue weighted by Gasteiger charge is -2.40. The van der Waals surface area contributed by atoms with E-state index in [4.69, 9.17) is 0 Å². The van der Waals surface area contributed by atoms with Crippen molar-refractivity contribution in [2.75, 3.05) is 26.2 Å². The molecule has 5 heteroatoms. The molecule has 1 N–H and O–H groups in total. The monoisotopic (exact) mass is 277 g/mol. The molecule has 110 valence electrons. The molecule has 2 atom stereocenters. The Bertz CT molecular complexity index is 476. The van der Waals surface area contributed by atoms with Crippen molar-refractivity contribution < 1.29 is 9.90 Å². The highest BCUT2D eigenvalue weighted by Crippen LogP contribution is 2.14. The fourth-order valence-electron chi connectivity index (χ4n) is 2.71. The van der Waals surface area contributed by atoms with Gasteiger partial charge in [-0.25, -0.2) is 0 Å². The van der Waals surface area contributed by atoms with Crippen molar-refractivity contribution in [3.8, 4) is 0 Å². The van der Waals surface area contributed by atoms with Crippen LogP contribution in [0, 0.1) is 6.92 Å². The van der Waals surface area contributed by atoms with Gasteiger partial charge in [0, 0.05) is 44.6 Å². The molecule has 1 aromatic rings. The van der Waals surface area contributed by atoms with Crippen molar-refractivity contribution in [1.29, 1.82) is 0 Å². The van der Waals surface area contributed by atoms with Crippen molar-refractivity contribution in [3.05, 3.63) is 29.6 Å². The third-order valence-electron chi connectivity index (χ3n) is 3.62. The number of pyridine rings is 1. The Kier molecular flexibility index (Phi) is 4.73. The second-order valence-electron chi connectivity index (χ2n) is 5.71. The van der Waals surface area contributed by atoms with Gasteiger partial charge in [0.05, 0.1) is 11.7 Å². The zero-order valence-electron chi connectivity index (χ0n) is 12.4. The van der Waals surface area contributed by atoms with E-state index in [1.165, 1.54) is 0 Å². The minimum Gasteiger partial charge on any atom is -0.392 e. The summed E-state index contributed by atoms with van der Waals surface area (Å²) in [6, 6.07) is 2.03. The fraction of sp³-hybridized carbons (Fsp3) is 0.600. The zero-order chi connectivity index (χ0) is 14.7. The highest BCUT2D eigenvalue weighted by atomic mass is 16.3. The minimum absolute atomic E-state index is 0.0467. The first-order valence-electron chi connectivity index (χ1n) is 7.10. The van der Waals surface area contributed by atoms with Crippen LogP contribution >= 0.6 is 0 Å². The molecule has 2 heterocycles. The summed E-state index contributed by atoms with van der Waals surface area (Å²) in [6.45, 7) is 8.75. The quantitative estimate of drug-likeness (QED) is 0.892. The number of aromatic nitrogens is 1. The molecule has 0 bridgehead atoms. The summed E-state index contributed by atoms with van der Waals surface area (Å²) in [5.74, 6) is 0.0467. The van der Waals surface area contributed by atoms with Gasteiger partial charge < -0.3 is 10.0 Å². The van der Waals surface area contributed by atoms with Gasteiger partial charge in [-0.3, -0.25) is 14.7 Å². The molecular formula is C15H23N3O2. The highest BCUT2D eigenvalue weighted by molar-refractivity contribution is 5.94. The second-order valence-corrected chi connectivity index (χ2v) is 5.71. The van der Waals surface area contributed by atoms with E-state index in [1.807, 2.05) is 17.9 Å². The van der Waals surface area contributed by atoms with Gasteiger partial charge in [0.15, 0.2) is 0 Å². The lowest BCUT2D eigenvalue weighted by atomic mass is 10.1. The molecule has 0 radical (unpaired) electrons. The first-order chi connectivity index (χ1) is 9.47. The third kappa shape index (κ3) is 3.55. The average Bonchev–Trinajstić information content (AvgIpc) is 2.37. The van der Waals surface area contributed by atoms with Gasteiger partial charge in [0.1, 0.15) is 0 Å². The third-order valence-corrected chi connectivity index (χ3v) is 3.62. The molecule has 1 aromatic heterocycles. The number of carbonyl (C=O) groups excluding carboxylic acids is 1. The Hall–Kier alpha value is -1.46. The van der Waals surface area contributed by atoms with Crippen molar-refractivity contribution >= 4 is 5.91 Å². The summed E-state index contributed by atoms with van der Waals surface area (Å²) in [6.07, 6.45) is 3.05. The molecule has 1 aliphatic rings. The molecule has 20 heavy (non-hydrogen) atoms. The molecule has 0 unspecified atom stereocenters. The van der Waals surface area contributed by atoms with Gasteiger partial charge in [-0.2, -0.15) is 0 Å². The Labute approximate surface area is 120 Å². The molecule has 0 aromatic carbocycles. The molecule has 5 nitrogen and oxygen atoms in total. The maximum Gasteiger partial charge on any atom is 0.255 e. The van der Waals surface area contributed by atoms with Crippen molar-refractivity contribution in [2.45, 2.75) is 32.9 Å². The lowest BCUT2D eigenvalue weighted by molar-refractivity contribution is 0.0382. The Balaban J connectivity index is 2.02. The summed E-state index contributed by atoms with van der Waals surface area (Å²) in [7, 11) is 0. The standard InChI is InChI=1S/C15H23N3O2/c1-11-6-14(8-16-7-11)15(20)18-5-4-17(9-12(18)2)10-13(3)19/h6-8,12-13,19H,4-5,9-10H2,1-3H3/t12-,13-/m0/s1. The molecular weight excluding hydrogens is 254 g/mol. The normalized spacial score (nSPS) is 21.8. The summed E-state index contributed by atoms with van der Waals surface area (Å²) in [5, 5.41) is 9.44. The van der Waals surface area contributed by atoms with Crippen LogP contribution in [0.2, 0.25) is 0 Å². The van der Waals surface area contributed by atoms with Crippen LogP contribution in [-0.4, -0.2) is 64.1 Å². The van der Waals surface area contributed by atoms with E-state index in [1.54, 1.807) is 19.3 Å². The van der Waals surface area contributed by atoms with Crippen LogP contribution in [0.1, 0.15) is 29.8 Å². The van der Waals surface area contributed by atoms with Gasteiger partial charge in [0.2, 0.25) is 0 Å². The fourth-order valence-corrected chi connectivity index (χ4v) is 2.71. The van der Waals surface area contributed by atoms with E-state index in [0.29, 0.717) is 18.7 Å². The summed E-state index contributed by atoms with van der Waals surface area (Å²) >= 11 is 0. The molecule has 1 amide bonds. The van der Waals surface area contributed by atoms with E-state index >= 15 is 0 Å². The predicted molar refractivity (Wildman–Crippen MR) is 77.6 cm³/mol. The van der Waals surface area contributed by atoms with Gasteiger partial charge in [-0.1, -0.05) is 0 Å². The van der Waals surface area contributed by atoms with Crippen LogP contribution in [0.25, 0.3) is 0 Å². The number of amides is 1. The van der Waals surface area contributed by atoms with Crippen molar-refractivity contribution in [2.24, 2.45) is 0 Å². The number of piperazine rings is 1. The van der Waals surface area contributed by atoms with Gasteiger partial charge >= 0.3 is 0 Å². The lowest BCUT2D eigenvalue weighted by Crippen LogP contribution is -2.55. The molecule has 1 saturated heterocycles. The molecule has 0 saturated carbocycles. The molecule has 2 rings (SSSR count).